The quantitative estimate of drug-likeness (QED) is 0.391. The summed E-state index contributed by atoms with van der Waals surface area (Å²) in [5, 5.41) is 7.05. The minimum absolute atomic E-state index is 0.181. The number of hydrazone groups is 1. The Bertz CT molecular complexity index is 1270. The van der Waals surface area contributed by atoms with E-state index in [-0.39, 0.29) is 10.8 Å². The number of benzene rings is 2. The van der Waals surface area contributed by atoms with E-state index in [0.717, 1.165) is 30.4 Å². The number of aromatic nitrogens is 1. The molecule has 1 fully saturated rings. The molecule has 4 rings (SSSR count). The molecular weight excluding hydrogens is 450 g/mol. The number of aryl methyl sites for hydroxylation is 1. The number of carbonyl (C=O) groups is 1. The van der Waals surface area contributed by atoms with E-state index in [4.69, 9.17) is 0 Å². The molecule has 0 aliphatic carbocycles. The molecule has 2 aromatic carbocycles. The average molecular weight is 478 g/mol. The third kappa shape index (κ3) is 5.86. The Hall–Kier alpha value is -3.56. The number of hydrogen-bond acceptors (Lipinski definition) is 6. The zero-order valence-electron chi connectivity index (χ0n) is 18.9. The van der Waals surface area contributed by atoms with E-state index in [1.807, 2.05) is 31.2 Å². The van der Waals surface area contributed by atoms with Gasteiger partial charge in [0.25, 0.3) is 5.91 Å². The maximum Gasteiger partial charge on any atom is 0.255 e. The summed E-state index contributed by atoms with van der Waals surface area (Å²) < 4.78 is 27.0. The normalized spacial score (nSPS) is 14.7. The summed E-state index contributed by atoms with van der Waals surface area (Å²) in [4.78, 5) is 16.8. The highest BCUT2D eigenvalue weighted by molar-refractivity contribution is 7.89. The van der Waals surface area contributed by atoms with Crippen molar-refractivity contribution in [3.8, 4) is 0 Å². The van der Waals surface area contributed by atoms with Gasteiger partial charge in [0.15, 0.2) is 0 Å². The van der Waals surface area contributed by atoms with E-state index < -0.39 is 10.0 Å². The van der Waals surface area contributed by atoms with Gasteiger partial charge in [-0.3, -0.25) is 10.2 Å². The van der Waals surface area contributed by atoms with Crippen LogP contribution in [-0.2, 0) is 10.0 Å². The lowest BCUT2D eigenvalue weighted by molar-refractivity contribution is 0.102. The van der Waals surface area contributed by atoms with Crippen LogP contribution in [-0.4, -0.2) is 42.9 Å². The van der Waals surface area contributed by atoms with Crippen LogP contribution in [0.15, 0.2) is 76.9 Å². The highest BCUT2D eigenvalue weighted by Gasteiger charge is 2.26. The molecule has 0 radical (unpaired) electrons. The van der Waals surface area contributed by atoms with Gasteiger partial charge < -0.3 is 5.32 Å². The first-order valence-electron chi connectivity index (χ1n) is 11.2. The van der Waals surface area contributed by atoms with Crippen molar-refractivity contribution in [2.24, 2.45) is 5.10 Å². The molecule has 34 heavy (non-hydrogen) atoms. The smallest absolute Gasteiger partial charge is 0.255 e. The van der Waals surface area contributed by atoms with E-state index in [0.29, 0.717) is 30.2 Å². The standard InChI is InChI=1S/C25H27N5O3S/c1-19-8-10-21(11-9-19)25(31)28-22-7-5-6-20(16-22)17-27-29-24-13-12-23(18-26-24)34(32,33)30-14-3-2-4-15-30/h5-13,16-18H,2-4,14-15H2,1H3,(H,26,29)(H,28,31)/b27-17+. The minimum Gasteiger partial charge on any atom is -0.322 e. The summed E-state index contributed by atoms with van der Waals surface area (Å²) in [5.41, 5.74) is 5.91. The molecule has 176 valence electrons. The second kappa shape index (κ2) is 10.6. The fraction of sp³-hybridized carbons (Fsp3) is 0.240. The predicted molar refractivity (Wildman–Crippen MR) is 134 cm³/mol. The highest BCUT2D eigenvalue weighted by Crippen LogP contribution is 2.20. The third-order valence-electron chi connectivity index (χ3n) is 5.54. The van der Waals surface area contributed by atoms with Crippen molar-refractivity contribution >= 4 is 33.7 Å². The zero-order valence-corrected chi connectivity index (χ0v) is 19.8. The van der Waals surface area contributed by atoms with Crippen molar-refractivity contribution in [3.05, 3.63) is 83.6 Å². The van der Waals surface area contributed by atoms with Crippen LogP contribution in [0.5, 0.6) is 0 Å². The second-order valence-electron chi connectivity index (χ2n) is 8.16. The lowest BCUT2D eigenvalue weighted by atomic mass is 10.1. The summed E-state index contributed by atoms with van der Waals surface area (Å²) in [6, 6.07) is 17.8. The maximum atomic E-state index is 12.7. The van der Waals surface area contributed by atoms with Crippen molar-refractivity contribution in [1.82, 2.24) is 9.29 Å². The first-order chi connectivity index (χ1) is 16.4. The Labute approximate surface area is 199 Å². The van der Waals surface area contributed by atoms with Crippen LogP contribution in [0.4, 0.5) is 11.5 Å². The summed E-state index contributed by atoms with van der Waals surface area (Å²) >= 11 is 0. The Morgan fingerprint density at radius 3 is 2.50 bits per heavy atom. The number of anilines is 2. The molecule has 3 aromatic rings. The molecule has 1 amide bonds. The first kappa shape index (κ1) is 23.6. The van der Waals surface area contributed by atoms with Crippen LogP contribution in [0, 0.1) is 6.92 Å². The van der Waals surface area contributed by atoms with E-state index in [2.05, 4.69) is 20.8 Å². The largest absolute Gasteiger partial charge is 0.322 e. The fourth-order valence-corrected chi connectivity index (χ4v) is 5.09. The summed E-state index contributed by atoms with van der Waals surface area (Å²) in [6.45, 7) is 3.08. The molecule has 8 nitrogen and oxygen atoms in total. The average Bonchev–Trinajstić information content (AvgIpc) is 2.85. The number of nitrogens with one attached hydrogen (secondary N) is 2. The molecule has 0 spiro atoms. The summed E-state index contributed by atoms with van der Waals surface area (Å²) in [5.74, 6) is 0.244. The number of pyridine rings is 1. The Morgan fingerprint density at radius 2 is 1.79 bits per heavy atom. The van der Waals surface area contributed by atoms with Crippen LogP contribution >= 0.6 is 0 Å². The van der Waals surface area contributed by atoms with E-state index in [9.17, 15) is 13.2 Å². The molecular formula is C25H27N5O3S. The fourth-order valence-electron chi connectivity index (χ4n) is 3.63. The maximum absolute atomic E-state index is 12.7. The Kier molecular flexibility index (Phi) is 7.34. The lowest BCUT2D eigenvalue weighted by Crippen LogP contribution is -2.35. The number of amides is 1. The van der Waals surface area contributed by atoms with Crippen LogP contribution in [0.2, 0.25) is 0 Å². The minimum atomic E-state index is -3.51. The molecule has 1 aliphatic rings. The van der Waals surface area contributed by atoms with Gasteiger partial charge in [-0.15, -0.1) is 0 Å². The van der Waals surface area contributed by atoms with Gasteiger partial charge in [-0.2, -0.15) is 9.41 Å². The molecule has 0 saturated carbocycles. The van der Waals surface area contributed by atoms with Crippen molar-refractivity contribution in [2.75, 3.05) is 23.8 Å². The van der Waals surface area contributed by atoms with Crippen LogP contribution < -0.4 is 10.7 Å². The van der Waals surface area contributed by atoms with Crippen molar-refractivity contribution < 1.29 is 13.2 Å². The topological polar surface area (TPSA) is 104 Å². The molecule has 2 heterocycles. The number of sulfonamides is 1. The molecule has 1 aliphatic heterocycles. The predicted octanol–water partition coefficient (Wildman–Crippen LogP) is 4.26. The molecule has 0 unspecified atom stereocenters. The van der Waals surface area contributed by atoms with Gasteiger partial charge in [0.2, 0.25) is 10.0 Å². The lowest BCUT2D eigenvalue weighted by Gasteiger charge is -2.25. The highest BCUT2D eigenvalue weighted by atomic mass is 32.2. The van der Waals surface area contributed by atoms with Gasteiger partial charge in [-0.25, -0.2) is 13.4 Å². The number of nitrogens with zero attached hydrogens (tertiary/aromatic N) is 3. The van der Waals surface area contributed by atoms with Crippen LogP contribution in [0.1, 0.15) is 40.7 Å². The summed E-state index contributed by atoms with van der Waals surface area (Å²) in [6.07, 6.45) is 5.79. The van der Waals surface area contributed by atoms with Gasteiger partial charge in [-0.1, -0.05) is 36.2 Å². The third-order valence-corrected chi connectivity index (χ3v) is 7.42. The van der Waals surface area contributed by atoms with Gasteiger partial charge in [0.05, 0.1) is 6.21 Å². The Morgan fingerprint density at radius 1 is 1.03 bits per heavy atom. The van der Waals surface area contributed by atoms with Crippen LogP contribution in [0.3, 0.4) is 0 Å². The van der Waals surface area contributed by atoms with E-state index in [1.54, 1.807) is 36.5 Å². The van der Waals surface area contributed by atoms with Gasteiger partial charge >= 0.3 is 0 Å². The van der Waals surface area contributed by atoms with Crippen molar-refractivity contribution in [3.63, 3.8) is 0 Å². The number of rotatable bonds is 7. The Balaban J connectivity index is 1.36. The first-order valence-corrected chi connectivity index (χ1v) is 12.6. The molecule has 9 heteroatoms. The number of piperidine rings is 1. The monoisotopic (exact) mass is 477 g/mol. The van der Waals surface area contributed by atoms with Gasteiger partial charge in [-0.05, 0) is 61.7 Å². The zero-order chi connectivity index (χ0) is 24.0. The second-order valence-corrected chi connectivity index (χ2v) is 10.1. The number of hydrogen-bond donors (Lipinski definition) is 2. The van der Waals surface area contributed by atoms with Crippen molar-refractivity contribution in [1.29, 1.82) is 0 Å². The molecule has 1 aromatic heterocycles. The summed E-state index contributed by atoms with van der Waals surface area (Å²) in [7, 11) is -3.51. The van der Waals surface area contributed by atoms with E-state index in [1.165, 1.54) is 16.6 Å². The molecule has 0 bridgehead atoms. The molecule has 2 N–H and O–H groups in total. The molecule has 1 saturated heterocycles. The van der Waals surface area contributed by atoms with E-state index >= 15 is 0 Å². The SMILES string of the molecule is Cc1ccc(C(=O)Nc2cccc(/C=N/Nc3ccc(S(=O)(=O)N4CCCCC4)cn3)c2)cc1. The number of carbonyl (C=O) groups excluding carboxylic acids is 1. The van der Waals surface area contributed by atoms with Crippen LogP contribution in [0.25, 0.3) is 0 Å². The molecule has 0 atom stereocenters. The van der Waals surface area contributed by atoms with Crippen molar-refractivity contribution in [2.45, 2.75) is 31.1 Å². The van der Waals surface area contributed by atoms with Gasteiger partial charge in [0, 0.05) is 30.5 Å². The van der Waals surface area contributed by atoms with Gasteiger partial charge in [0.1, 0.15) is 10.7 Å².